The van der Waals surface area contributed by atoms with Gasteiger partial charge in [-0.2, -0.15) is 4.98 Å². The smallest absolute Gasteiger partial charge is 0.231 e. The first-order valence-corrected chi connectivity index (χ1v) is 10.00. The Bertz CT molecular complexity index is 1300. The van der Waals surface area contributed by atoms with Crippen LogP contribution in [0.3, 0.4) is 0 Å². The fourth-order valence-corrected chi connectivity index (χ4v) is 4.00. The molecule has 0 bridgehead atoms. The summed E-state index contributed by atoms with van der Waals surface area (Å²) >= 11 is 7.58. The van der Waals surface area contributed by atoms with Crippen LogP contribution in [0.25, 0.3) is 32.7 Å². The quantitative estimate of drug-likeness (QED) is 0.346. The van der Waals surface area contributed by atoms with Gasteiger partial charge in [-0.1, -0.05) is 28.9 Å². The topological polar surface area (TPSA) is 73.9 Å². The second kappa shape index (κ2) is 7.27. The third-order valence-electron chi connectivity index (χ3n) is 4.35. The van der Waals surface area contributed by atoms with Crippen molar-refractivity contribution in [1.82, 2.24) is 20.1 Å². The summed E-state index contributed by atoms with van der Waals surface area (Å²) < 4.78 is 11.1. The standard InChI is InChI=1S/C21H13ClN4O2S/c1-12-25-19(26-28-12)14-4-8-16(9-5-14)27-20-18-17(10-29-21(18)24-11-23-20)13-2-6-15(22)7-3-13/h2-11H,1H3. The lowest BCUT2D eigenvalue weighted by atomic mass is 10.1. The molecule has 0 amide bonds. The maximum Gasteiger partial charge on any atom is 0.231 e. The first kappa shape index (κ1) is 17.8. The minimum atomic E-state index is 0.504. The lowest BCUT2D eigenvalue weighted by Gasteiger charge is -2.08. The van der Waals surface area contributed by atoms with E-state index < -0.39 is 0 Å². The van der Waals surface area contributed by atoms with Gasteiger partial charge in [-0.05, 0) is 42.0 Å². The minimum absolute atomic E-state index is 0.504. The Kier molecular flexibility index (Phi) is 4.46. The number of thiophene rings is 1. The number of benzene rings is 2. The second-order valence-electron chi connectivity index (χ2n) is 6.28. The largest absolute Gasteiger partial charge is 0.438 e. The lowest BCUT2D eigenvalue weighted by molar-refractivity contribution is 0.394. The summed E-state index contributed by atoms with van der Waals surface area (Å²) in [6, 6.07) is 15.1. The molecular formula is C21H13ClN4O2S. The van der Waals surface area contributed by atoms with E-state index in [2.05, 4.69) is 25.5 Å². The van der Waals surface area contributed by atoms with Crippen LogP contribution in [-0.2, 0) is 0 Å². The van der Waals surface area contributed by atoms with Crippen LogP contribution in [0.4, 0.5) is 0 Å². The van der Waals surface area contributed by atoms with E-state index in [1.807, 2.05) is 48.5 Å². The van der Waals surface area contributed by atoms with Crippen LogP contribution in [0.5, 0.6) is 11.6 Å². The number of rotatable bonds is 4. The van der Waals surface area contributed by atoms with Crippen LogP contribution in [0.1, 0.15) is 5.89 Å². The molecule has 2 aromatic carbocycles. The Morgan fingerprint density at radius 1 is 0.966 bits per heavy atom. The maximum absolute atomic E-state index is 6.10. The number of ether oxygens (including phenoxy) is 1. The highest BCUT2D eigenvalue weighted by atomic mass is 35.5. The van der Waals surface area contributed by atoms with Crippen molar-refractivity contribution in [2.75, 3.05) is 0 Å². The summed E-state index contributed by atoms with van der Waals surface area (Å²) in [7, 11) is 0. The molecule has 0 aliphatic carbocycles. The zero-order chi connectivity index (χ0) is 19.8. The van der Waals surface area contributed by atoms with Gasteiger partial charge in [0.25, 0.3) is 0 Å². The number of hydrogen-bond acceptors (Lipinski definition) is 7. The van der Waals surface area contributed by atoms with E-state index >= 15 is 0 Å². The molecule has 0 N–H and O–H groups in total. The molecule has 5 rings (SSSR count). The number of halogens is 1. The molecule has 3 heterocycles. The number of nitrogens with zero attached hydrogens (tertiary/aromatic N) is 4. The fraction of sp³-hybridized carbons (Fsp3) is 0.0476. The van der Waals surface area contributed by atoms with Gasteiger partial charge in [0.2, 0.25) is 17.6 Å². The number of fused-ring (bicyclic) bond motifs is 1. The predicted octanol–water partition coefficient (Wildman–Crippen LogP) is 6.16. The first-order valence-electron chi connectivity index (χ1n) is 8.74. The van der Waals surface area contributed by atoms with Crippen LogP contribution in [0.2, 0.25) is 5.02 Å². The Hall–Kier alpha value is -3.29. The molecule has 0 spiro atoms. The van der Waals surface area contributed by atoms with Crippen molar-refractivity contribution in [3.8, 4) is 34.1 Å². The van der Waals surface area contributed by atoms with Crippen molar-refractivity contribution in [3.05, 3.63) is 71.2 Å². The molecule has 8 heteroatoms. The summed E-state index contributed by atoms with van der Waals surface area (Å²) in [5, 5.41) is 7.55. The molecule has 0 fully saturated rings. The highest BCUT2D eigenvalue weighted by Crippen LogP contribution is 2.39. The predicted molar refractivity (Wildman–Crippen MR) is 112 cm³/mol. The molecule has 0 aliphatic rings. The maximum atomic E-state index is 6.10. The van der Waals surface area contributed by atoms with Crippen molar-refractivity contribution in [1.29, 1.82) is 0 Å². The molecule has 0 aliphatic heterocycles. The fourth-order valence-electron chi connectivity index (χ4n) is 2.97. The van der Waals surface area contributed by atoms with Gasteiger partial charge in [0.05, 0.1) is 5.39 Å². The Balaban J connectivity index is 1.50. The molecule has 0 saturated heterocycles. The van der Waals surface area contributed by atoms with Crippen LogP contribution < -0.4 is 4.74 Å². The van der Waals surface area contributed by atoms with E-state index in [1.165, 1.54) is 6.33 Å². The van der Waals surface area contributed by atoms with E-state index in [9.17, 15) is 0 Å². The summed E-state index contributed by atoms with van der Waals surface area (Å²) in [4.78, 5) is 13.8. The third kappa shape index (κ3) is 3.46. The SMILES string of the molecule is Cc1nc(-c2ccc(Oc3ncnc4scc(-c5ccc(Cl)cc5)c34)cc2)no1. The molecule has 142 valence electrons. The van der Waals surface area contributed by atoms with Crippen LogP contribution in [0, 0.1) is 6.92 Å². The molecule has 0 saturated carbocycles. The van der Waals surface area contributed by atoms with Gasteiger partial charge in [-0.3, -0.25) is 0 Å². The lowest BCUT2D eigenvalue weighted by Crippen LogP contribution is -1.91. The molecule has 0 radical (unpaired) electrons. The van der Waals surface area contributed by atoms with Gasteiger partial charge in [0.15, 0.2) is 0 Å². The van der Waals surface area contributed by atoms with Crippen molar-refractivity contribution in [2.24, 2.45) is 0 Å². The highest BCUT2D eigenvalue weighted by Gasteiger charge is 2.15. The minimum Gasteiger partial charge on any atom is -0.438 e. The number of aryl methyl sites for hydroxylation is 1. The average molecular weight is 421 g/mol. The zero-order valence-electron chi connectivity index (χ0n) is 15.2. The molecule has 5 aromatic rings. The van der Waals surface area contributed by atoms with Crippen molar-refractivity contribution in [2.45, 2.75) is 6.92 Å². The van der Waals surface area contributed by atoms with Crippen LogP contribution in [-0.4, -0.2) is 20.1 Å². The summed E-state index contributed by atoms with van der Waals surface area (Å²) in [5.41, 5.74) is 2.89. The van der Waals surface area contributed by atoms with Gasteiger partial charge < -0.3 is 9.26 Å². The summed E-state index contributed by atoms with van der Waals surface area (Å²) in [5.74, 6) is 2.23. The van der Waals surface area contributed by atoms with Crippen molar-refractivity contribution >= 4 is 33.2 Å². The summed E-state index contributed by atoms with van der Waals surface area (Å²) in [6.07, 6.45) is 1.51. The Morgan fingerprint density at radius 3 is 2.45 bits per heavy atom. The highest BCUT2D eigenvalue weighted by molar-refractivity contribution is 7.17. The van der Waals surface area contributed by atoms with Crippen LogP contribution >= 0.6 is 22.9 Å². The number of hydrogen-bond donors (Lipinski definition) is 0. The van der Waals surface area contributed by atoms with Crippen LogP contribution in [0.15, 0.2) is 64.8 Å². The number of aromatic nitrogens is 4. The van der Waals surface area contributed by atoms with Crippen molar-refractivity contribution < 1.29 is 9.26 Å². The average Bonchev–Trinajstić information content (AvgIpc) is 3.36. The van der Waals surface area contributed by atoms with E-state index in [0.29, 0.717) is 28.4 Å². The Labute approximate surface area is 174 Å². The molecule has 0 unspecified atom stereocenters. The molecule has 6 nitrogen and oxygen atoms in total. The van der Waals surface area contributed by atoms with Gasteiger partial charge in [0.1, 0.15) is 16.9 Å². The molecular weight excluding hydrogens is 408 g/mol. The second-order valence-corrected chi connectivity index (χ2v) is 7.57. The monoisotopic (exact) mass is 420 g/mol. The van der Waals surface area contributed by atoms with Gasteiger partial charge in [-0.15, -0.1) is 11.3 Å². The molecule has 29 heavy (non-hydrogen) atoms. The normalized spacial score (nSPS) is 11.1. The van der Waals surface area contributed by atoms with Gasteiger partial charge >= 0.3 is 0 Å². The third-order valence-corrected chi connectivity index (χ3v) is 5.48. The van der Waals surface area contributed by atoms with E-state index in [-0.39, 0.29) is 0 Å². The van der Waals surface area contributed by atoms with E-state index in [4.69, 9.17) is 20.9 Å². The van der Waals surface area contributed by atoms with E-state index in [0.717, 1.165) is 26.9 Å². The molecule has 0 atom stereocenters. The molecule has 3 aromatic heterocycles. The first-order chi connectivity index (χ1) is 14.2. The van der Waals surface area contributed by atoms with Crippen molar-refractivity contribution in [3.63, 3.8) is 0 Å². The van der Waals surface area contributed by atoms with E-state index in [1.54, 1.807) is 18.3 Å². The van der Waals surface area contributed by atoms with Gasteiger partial charge in [0, 0.05) is 28.5 Å². The zero-order valence-corrected chi connectivity index (χ0v) is 16.7. The van der Waals surface area contributed by atoms with Gasteiger partial charge in [-0.25, -0.2) is 9.97 Å². The Morgan fingerprint density at radius 2 is 1.72 bits per heavy atom. The summed E-state index contributed by atoms with van der Waals surface area (Å²) in [6.45, 7) is 1.76.